The Hall–Kier alpha value is -1.74. The van der Waals surface area contributed by atoms with Crippen molar-refractivity contribution in [2.45, 2.75) is 38.6 Å². The molecule has 0 aliphatic carbocycles. The van der Waals surface area contributed by atoms with Crippen LogP contribution in [0.2, 0.25) is 0 Å². The molecule has 0 bridgehead atoms. The Labute approximate surface area is 126 Å². The Bertz CT molecular complexity index is 542. The van der Waals surface area contributed by atoms with Gasteiger partial charge in [0, 0.05) is 18.2 Å². The first kappa shape index (κ1) is 15.6. The van der Waals surface area contributed by atoms with Gasteiger partial charge in [-0.05, 0) is 36.6 Å². The maximum Gasteiger partial charge on any atom is 0.141 e. The van der Waals surface area contributed by atoms with Gasteiger partial charge in [-0.3, -0.25) is 4.98 Å². The van der Waals surface area contributed by atoms with E-state index in [0.717, 1.165) is 24.9 Å². The molecule has 3 heteroatoms. The van der Waals surface area contributed by atoms with Crippen molar-refractivity contribution in [1.29, 1.82) is 0 Å². The number of pyridine rings is 1. The summed E-state index contributed by atoms with van der Waals surface area (Å²) < 4.78 is 13.5. The number of halogens is 1. The highest BCUT2D eigenvalue weighted by Crippen LogP contribution is 2.33. The van der Waals surface area contributed by atoms with Gasteiger partial charge in [-0.15, -0.1) is 0 Å². The van der Waals surface area contributed by atoms with Crippen molar-refractivity contribution in [2.24, 2.45) is 0 Å². The van der Waals surface area contributed by atoms with E-state index in [9.17, 15) is 4.39 Å². The molecule has 1 heterocycles. The summed E-state index contributed by atoms with van der Waals surface area (Å²) in [5.74, 6) is 0.0278. The van der Waals surface area contributed by atoms with Crippen molar-refractivity contribution >= 4 is 0 Å². The van der Waals surface area contributed by atoms with E-state index in [-0.39, 0.29) is 11.9 Å². The fraction of sp³-hybridized carbons (Fsp3) is 0.389. The number of nitrogens with one attached hydrogen (secondary N) is 1. The molecule has 0 aliphatic rings. The zero-order valence-corrected chi connectivity index (χ0v) is 12.7. The Kier molecular flexibility index (Phi) is 5.88. The molecule has 0 radical (unpaired) electrons. The Morgan fingerprint density at radius 3 is 2.48 bits per heavy atom. The maximum absolute atomic E-state index is 13.5. The van der Waals surface area contributed by atoms with Crippen molar-refractivity contribution in [3.05, 3.63) is 65.7 Å². The van der Waals surface area contributed by atoms with Crippen molar-refractivity contribution in [3.63, 3.8) is 0 Å². The number of hydrogen-bond acceptors (Lipinski definition) is 2. The number of aromatic nitrogens is 1. The van der Waals surface area contributed by atoms with Gasteiger partial charge in [0.15, 0.2) is 0 Å². The molecule has 2 nitrogen and oxygen atoms in total. The van der Waals surface area contributed by atoms with E-state index in [1.165, 1.54) is 11.8 Å². The van der Waals surface area contributed by atoms with Gasteiger partial charge in [-0.1, -0.05) is 44.2 Å². The van der Waals surface area contributed by atoms with Crippen molar-refractivity contribution in [3.8, 4) is 0 Å². The smallest absolute Gasteiger partial charge is 0.141 e. The molecule has 0 aliphatic heterocycles. The van der Waals surface area contributed by atoms with Crippen LogP contribution in [0, 0.1) is 5.82 Å². The standard InChI is InChI=1S/C18H23FN2/c1-3-10-21-18(15-11-16(19)13-20-12-15)17(4-2)14-8-6-5-7-9-14/h5-9,11-13,17-18,21H,3-4,10H2,1-2H3. The summed E-state index contributed by atoms with van der Waals surface area (Å²) in [6.45, 7) is 5.22. The third kappa shape index (κ3) is 4.11. The van der Waals surface area contributed by atoms with E-state index < -0.39 is 0 Å². The number of nitrogens with zero attached hydrogens (tertiary/aromatic N) is 1. The highest BCUT2D eigenvalue weighted by Gasteiger charge is 2.23. The fourth-order valence-corrected chi connectivity index (χ4v) is 2.75. The number of rotatable bonds is 7. The summed E-state index contributed by atoms with van der Waals surface area (Å²) in [5, 5.41) is 3.56. The van der Waals surface area contributed by atoms with Crippen molar-refractivity contribution in [1.82, 2.24) is 10.3 Å². The minimum Gasteiger partial charge on any atom is -0.309 e. The van der Waals surface area contributed by atoms with Crippen LogP contribution in [-0.4, -0.2) is 11.5 Å². The van der Waals surface area contributed by atoms with Crippen molar-refractivity contribution < 1.29 is 4.39 Å². The van der Waals surface area contributed by atoms with Crippen LogP contribution < -0.4 is 5.32 Å². The summed E-state index contributed by atoms with van der Waals surface area (Å²) >= 11 is 0. The van der Waals surface area contributed by atoms with Crippen LogP contribution in [0.25, 0.3) is 0 Å². The van der Waals surface area contributed by atoms with Gasteiger partial charge < -0.3 is 5.32 Å². The lowest BCUT2D eigenvalue weighted by atomic mass is 9.85. The lowest BCUT2D eigenvalue weighted by molar-refractivity contribution is 0.432. The number of hydrogen-bond donors (Lipinski definition) is 1. The largest absolute Gasteiger partial charge is 0.309 e. The molecule has 0 saturated heterocycles. The summed E-state index contributed by atoms with van der Waals surface area (Å²) in [6.07, 6.45) is 5.05. The first-order valence-electron chi connectivity index (χ1n) is 7.65. The monoisotopic (exact) mass is 286 g/mol. The first-order valence-corrected chi connectivity index (χ1v) is 7.65. The summed E-state index contributed by atoms with van der Waals surface area (Å²) in [4.78, 5) is 4.01. The van der Waals surface area contributed by atoms with Gasteiger partial charge in [0.05, 0.1) is 6.20 Å². The van der Waals surface area contributed by atoms with Gasteiger partial charge in [-0.2, -0.15) is 0 Å². The second kappa shape index (κ2) is 7.89. The molecule has 2 atom stereocenters. The average molecular weight is 286 g/mol. The van der Waals surface area contributed by atoms with Gasteiger partial charge in [0.2, 0.25) is 0 Å². The zero-order chi connectivity index (χ0) is 15.1. The summed E-state index contributed by atoms with van der Waals surface area (Å²) in [6, 6.07) is 12.1. The van der Waals surface area contributed by atoms with Gasteiger partial charge in [0.1, 0.15) is 5.82 Å². The molecule has 112 valence electrons. The molecule has 0 spiro atoms. The van der Waals surface area contributed by atoms with Crippen molar-refractivity contribution in [2.75, 3.05) is 6.54 Å². The van der Waals surface area contributed by atoms with E-state index in [2.05, 4.69) is 48.4 Å². The zero-order valence-electron chi connectivity index (χ0n) is 12.7. The molecule has 21 heavy (non-hydrogen) atoms. The molecule has 2 rings (SSSR count). The quantitative estimate of drug-likeness (QED) is 0.813. The van der Waals surface area contributed by atoms with E-state index >= 15 is 0 Å². The summed E-state index contributed by atoms with van der Waals surface area (Å²) in [7, 11) is 0. The van der Waals surface area contributed by atoms with E-state index in [1.807, 2.05) is 6.07 Å². The highest BCUT2D eigenvalue weighted by molar-refractivity contribution is 5.26. The topological polar surface area (TPSA) is 24.9 Å². The average Bonchev–Trinajstić information content (AvgIpc) is 2.52. The molecule has 1 aromatic heterocycles. The maximum atomic E-state index is 13.5. The molecule has 1 aromatic carbocycles. The van der Waals surface area contributed by atoms with E-state index in [1.54, 1.807) is 12.3 Å². The van der Waals surface area contributed by atoms with Crippen LogP contribution >= 0.6 is 0 Å². The highest BCUT2D eigenvalue weighted by atomic mass is 19.1. The second-order valence-electron chi connectivity index (χ2n) is 5.29. The lowest BCUT2D eigenvalue weighted by Gasteiger charge is -2.28. The van der Waals surface area contributed by atoms with Crippen LogP contribution in [0.4, 0.5) is 4.39 Å². The van der Waals surface area contributed by atoms with Gasteiger partial charge in [-0.25, -0.2) is 4.39 Å². The fourth-order valence-electron chi connectivity index (χ4n) is 2.75. The minimum absolute atomic E-state index is 0.0838. The lowest BCUT2D eigenvalue weighted by Crippen LogP contribution is -2.28. The molecule has 0 amide bonds. The predicted molar refractivity (Wildman–Crippen MR) is 84.7 cm³/mol. The molecular weight excluding hydrogens is 263 g/mol. The summed E-state index contributed by atoms with van der Waals surface area (Å²) in [5.41, 5.74) is 2.19. The van der Waals surface area contributed by atoms with E-state index in [0.29, 0.717) is 5.92 Å². The third-order valence-corrected chi connectivity index (χ3v) is 3.77. The molecule has 1 N–H and O–H groups in total. The number of benzene rings is 1. The molecule has 2 aromatic rings. The van der Waals surface area contributed by atoms with Crippen LogP contribution in [-0.2, 0) is 0 Å². The molecule has 0 fully saturated rings. The van der Waals surface area contributed by atoms with Gasteiger partial charge in [0.25, 0.3) is 0 Å². The SMILES string of the molecule is CCCNC(c1cncc(F)c1)C(CC)c1ccccc1. The first-order chi connectivity index (χ1) is 10.3. The Morgan fingerprint density at radius 1 is 1.10 bits per heavy atom. The van der Waals surface area contributed by atoms with Crippen LogP contribution in [0.1, 0.15) is 49.8 Å². The molecule has 0 saturated carbocycles. The Morgan fingerprint density at radius 2 is 1.86 bits per heavy atom. The normalized spacial score (nSPS) is 13.9. The van der Waals surface area contributed by atoms with Crippen LogP contribution in [0.3, 0.4) is 0 Å². The van der Waals surface area contributed by atoms with Crippen LogP contribution in [0.5, 0.6) is 0 Å². The third-order valence-electron chi connectivity index (χ3n) is 3.77. The Balaban J connectivity index is 2.33. The minimum atomic E-state index is -0.279. The van der Waals surface area contributed by atoms with E-state index in [4.69, 9.17) is 0 Å². The second-order valence-corrected chi connectivity index (χ2v) is 5.29. The van der Waals surface area contributed by atoms with Gasteiger partial charge >= 0.3 is 0 Å². The van der Waals surface area contributed by atoms with Crippen LogP contribution in [0.15, 0.2) is 48.8 Å². The predicted octanol–water partition coefficient (Wildman–Crippen LogP) is 4.46. The molecular formula is C18H23FN2. The molecule has 2 unspecified atom stereocenters.